The van der Waals surface area contributed by atoms with Crippen LogP contribution in [0.5, 0.6) is 0 Å². The van der Waals surface area contributed by atoms with Gasteiger partial charge in [-0.15, -0.1) is 0 Å². The Hall–Kier alpha value is -2.88. The van der Waals surface area contributed by atoms with Gasteiger partial charge in [-0.1, -0.05) is 0 Å². The molecule has 65 heavy (non-hydrogen) atoms. The summed E-state index contributed by atoms with van der Waals surface area (Å²) in [7, 11) is -22.8. The summed E-state index contributed by atoms with van der Waals surface area (Å²) in [5, 5.41) is 0. The molecule has 0 atom stereocenters. The average molecular weight is 1170 g/mol. The average Bonchev–Trinajstić information content (AvgIpc) is 3.20. The third-order valence-electron chi connectivity index (χ3n) is 10.6. The van der Waals surface area contributed by atoms with Gasteiger partial charge in [-0.2, -0.15) is 0 Å². The van der Waals surface area contributed by atoms with Crippen molar-refractivity contribution in [1.82, 2.24) is 0 Å². The molecule has 0 N–H and O–H groups in total. The summed E-state index contributed by atoms with van der Waals surface area (Å²) in [4.78, 5) is -6.08. The fourth-order valence-electron chi connectivity index (χ4n) is 7.52. The van der Waals surface area contributed by atoms with Gasteiger partial charge in [0.1, 0.15) is 0 Å². The van der Waals surface area contributed by atoms with Gasteiger partial charge in [-0.3, -0.25) is 0 Å². The Morgan fingerprint density at radius 2 is 0.400 bits per heavy atom. The molecule has 0 bridgehead atoms. The maximum absolute atomic E-state index is 16.6. The number of benzene rings is 6. The molecule has 23 heteroatoms. The Balaban J connectivity index is 2.18. The summed E-state index contributed by atoms with van der Waals surface area (Å²) in [6.07, 6.45) is 0. The second-order valence-corrected chi connectivity index (χ2v) is 85.4. The minimum absolute atomic E-state index is 0.276. The standard InChI is InChI=1S/2C21H21O6PS3.2ClH.Pd/c2*1-16-10-4-7-13-19(16)29(22,23)28(30(24,25)20-14-8-5-11-17(20)2)31(26,27)21-15-9-6-12-18(21)3;;;/h2*4-15H,1-3H3;2*1H;. The molecule has 0 spiro atoms. The van der Waals surface area contributed by atoms with E-state index in [1.54, 1.807) is 0 Å². The topological polar surface area (TPSA) is 205 Å². The van der Waals surface area contributed by atoms with Crippen molar-refractivity contribution in [2.75, 3.05) is 0 Å². The molecule has 0 aliphatic heterocycles. The van der Waals surface area contributed by atoms with E-state index >= 15 is 50.5 Å². The van der Waals surface area contributed by atoms with Crippen molar-refractivity contribution in [3.8, 4) is 0 Å². The number of halogens is 2. The molecule has 0 heterocycles. The predicted molar refractivity (Wildman–Crippen MR) is 259 cm³/mol. The SMILES string of the molecule is Cc1ccccc1S(=O)(=O)[PH](S(=O)(=O)c1ccccc1C)(S(=O)(=O)c1ccccc1C)[Pd]([Cl])([Cl])[PH](S(=O)(=O)c1ccccc1C)(S(=O)(=O)c1ccccc1C)S(=O)(=O)c1ccccc1C. The number of hydrogen-bond acceptors (Lipinski definition) is 12. The van der Waals surface area contributed by atoms with Gasteiger partial charge in [-0.25, -0.2) is 0 Å². The van der Waals surface area contributed by atoms with Crippen molar-refractivity contribution < 1.29 is 63.0 Å². The van der Waals surface area contributed by atoms with Crippen molar-refractivity contribution in [3.05, 3.63) is 179 Å². The first kappa shape index (κ1) is 51.5. The van der Waals surface area contributed by atoms with Crippen LogP contribution >= 0.6 is 25.2 Å². The first-order valence-corrected chi connectivity index (χ1v) is 44.5. The Morgan fingerprint density at radius 1 is 0.277 bits per heavy atom. The summed E-state index contributed by atoms with van der Waals surface area (Å²) in [6, 6.07) is 27.2. The first-order chi connectivity index (χ1) is 30.1. The van der Waals surface area contributed by atoms with Crippen molar-refractivity contribution in [2.45, 2.75) is 70.9 Å². The van der Waals surface area contributed by atoms with E-state index in [-0.39, 0.29) is 33.4 Å². The summed E-state index contributed by atoms with van der Waals surface area (Å²) in [6.45, 7) is 7.18. The molecule has 0 aliphatic rings. The minimum atomic E-state index is -7.92. The molecule has 6 rings (SSSR count). The zero-order valence-corrected chi connectivity index (χ0v) is 45.2. The van der Waals surface area contributed by atoms with E-state index in [1.165, 1.54) is 114 Å². The fraction of sp³-hybridized carbons (Fsp3) is 0.143. The quantitative estimate of drug-likeness (QED) is 0.0738. The van der Waals surface area contributed by atoms with Crippen LogP contribution in [0.25, 0.3) is 0 Å². The van der Waals surface area contributed by atoms with Crippen LogP contribution in [-0.4, -0.2) is 50.5 Å². The second kappa shape index (κ2) is 17.9. The number of rotatable bonds is 14. The summed E-state index contributed by atoms with van der Waals surface area (Å²) < 4.78 is 184. The molecule has 0 saturated carbocycles. The number of hydrogen-bond donors (Lipinski definition) is 0. The Kier molecular flexibility index (Phi) is 14.2. The summed E-state index contributed by atoms with van der Waals surface area (Å²) in [5.74, 6) is 0. The van der Waals surface area contributed by atoms with E-state index in [2.05, 4.69) is 0 Å². The van der Waals surface area contributed by atoms with Crippen LogP contribution < -0.4 is 0 Å². The monoisotopic (exact) mass is 1170 g/mol. The molecule has 0 fully saturated rings. The molecular formula is C42H44Cl2O12P2PdS6. The molecule has 0 aromatic heterocycles. The van der Waals surface area contributed by atoms with Gasteiger partial charge in [0.15, 0.2) is 0 Å². The molecule has 12 nitrogen and oxygen atoms in total. The Bertz CT molecular complexity index is 3010. The van der Waals surface area contributed by atoms with E-state index in [0.29, 0.717) is 0 Å². The van der Waals surface area contributed by atoms with E-state index in [4.69, 9.17) is 19.1 Å². The predicted octanol–water partition coefficient (Wildman–Crippen LogP) is 9.96. The van der Waals surface area contributed by atoms with Crippen molar-refractivity contribution >= 4 is 81.9 Å². The van der Waals surface area contributed by atoms with Crippen LogP contribution in [0.15, 0.2) is 175 Å². The third-order valence-corrected chi connectivity index (χ3v) is 159. The molecule has 6 aromatic carbocycles. The Morgan fingerprint density at radius 3 is 0.523 bits per heavy atom. The van der Waals surface area contributed by atoms with Crippen LogP contribution in [0.1, 0.15) is 33.4 Å². The zero-order valence-electron chi connectivity index (χ0n) is 35.3. The van der Waals surface area contributed by atoms with Gasteiger partial charge in [0.2, 0.25) is 0 Å². The molecule has 6 aromatic rings. The molecule has 354 valence electrons. The van der Waals surface area contributed by atoms with E-state index in [9.17, 15) is 0 Å². The third kappa shape index (κ3) is 7.30. The Labute approximate surface area is 391 Å². The van der Waals surface area contributed by atoms with Gasteiger partial charge in [0.05, 0.1) is 0 Å². The van der Waals surface area contributed by atoms with Crippen molar-refractivity contribution in [1.29, 1.82) is 0 Å². The van der Waals surface area contributed by atoms with E-state index in [0.717, 1.165) is 72.8 Å². The molecule has 0 amide bonds. The van der Waals surface area contributed by atoms with Crippen molar-refractivity contribution in [2.24, 2.45) is 0 Å². The second-order valence-electron chi connectivity index (χ2n) is 14.9. The summed E-state index contributed by atoms with van der Waals surface area (Å²) >= 11 is -7.83. The van der Waals surface area contributed by atoms with Crippen LogP contribution in [0.2, 0.25) is 0 Å². The normalized spacial score (nSPS) is 14.4. The van der Waals surface area contributed by atoms with Crippen LogP contribution in [0.3, 0.4) is 0 Å². The van der Waals surface area contributed by atoms with Crippen molar-refractivity contribution in [3.63, 3.8) is 0 Å². The van der Waals surface area contributed by atoms with Gasteiger partial charge < -0.3 is 0 Å². The van der Waals surface area contributed by atoms with Crippen LogP contribution in [0.4, 0.5) is 0 Å². The van der Waals surface area contributed by atoms with Gasteiger partial charge in [-0.05, 0) is 0 Å². The van der Waals surface area contributed by atoms with E-state index < -0.39 is 105 Å². The molecular weight excluding hydrogens is 1130 g/mol. The van der Waals surface area contributed by atoms with Crippen LogP contribution in [0, 0.1) is 41.5 Å². The maximum atomic E-state index is 16.6. The number of aryl methyl sites for hydroxylation is 6. The summed E-state index contributed by atoms with van der Waals surface area (Å²) in [5.41, 5.74) is -1.66. The molecule has 0 radical (unpaired) electrons. The van der Waals surface area contributed by atoms with Gasteiger partial charge >= 0.3 is 395 Å². The van der Waals surface area contributed by atoms with E-state index in [1.807, 2.05) is 0 Å². The van der Waals surface area contributed by atoms with Gasteiger partial charge in [0, 0.05) is 0 Å². The molecule has 0 saturated heterocycles. The molecule has 0 unspecified atom stereocenters. The fourth-order valence-corrected chi connectivity index (χ4v) is 222. The van der Waals surface area contributed by atoms with Gasteiger partial charge in [0.25, 0.3) is 0 Å². The zero-order chi connectivity index (χ0) is 48.4. The first-order valence-electron chi connectivity index (χ1n) is 19.0. The molecule has 0 aliphatic carbocycles. The van der Waals surface area contributed by atoms with Crippen LogP contribution in [-0.2, 0) is 69.2 Å².